The molecule has 0 unspecified atom stereocenters. The molecule has 0 fully saturated rings. The smallest absolute Gasteiger partial charge is 0.119 e. The third-order valence-electron chi connectivity index (χ3n) is 2.72. The molecule has 2 rings (SSSR count). The van der Waals surface area contributed by atoms with Crippen molar-refractivity contribution in [2.45, 2.75) is 6.54 Å². The number of benzene rings is 1. The Kier molecular flexibility index (Phi) is 4.05. The molecule has 0 N–H and O–H groups in total. The maximum Gasteiger partial charge on any atom is 0.119 e. The normalized spacial score (nSPS) is 10.2. The van der Waals surface area contributed by atoms with E-state index in [0.29, 0.717) is 5.02 Å². The van der Waals surface area contributed by atoms with E-state index in [4.69, 9.17) is 16.3 Å². The van der Waals surface area contributed by atoms with E-state index in [-0.39, 0.29) is 0 Å². The Morgan fingerprint density at radius 1 is 1.33 bits per heavy atom. The number of ether oxygens (including phenoxy) is 1. The van der Waals surface area contributed by atoms with Crippen LogP contribution in [-0.4, -0.2) is 19.1 Å². The summed E-state index contributed by atoms with van der Waals surface area (Å²) < 4.78 is 5.21. The SMILES string of the molecule is COc1cccc(CN(C)c2ccncc2Cl)c1. The van der Waals surface area contributed by atoms with E-state index in [0.717, 1.165) is 18.0 Å². The summed E-state index contributed by atoms with van der Waals surface area (Å²) in [4.78, 5) is 6.07. The van der Waals surface area contributed by atoms with Gasteiger partial charge in [-0.25, -0.2) is 0 Å². The maximum atomic E-state index is 6.12. The molecule has 3 nitrogen and oxygen atoms in total. The second-order valence-electron chi connectivity index (χ2n) is 4.03. The van der Waals surface area contributed by atoms with Crippen molar-refractivity contribution < 1.29 is 4.74 Å². The first-order valence-corrected chi connectivity index (χ1v) is 6.02. The molecule has 2 aromatic rings. The van der Waals surface area contributed by atoms with Gasteiger partial charge in [0.1, 0.15) is 5.75 Å². The monoisotopic (exact) mass is 262 g/mol. The summed E-state index contributed by atoms with van der Waals surface area (Å²) in [6.07, 6.45) is 3.39. The highest BCUT2D eigenvalue weighted by molar-refractivity contribution is 6.33. The van der Waals surface area contributed by atoms with Gasteiger partial charge in [-0.05, 0) is 23.8 Å². The van der Waals surface area contributed by atoms with E-state index in [1.807, 2.05) is 31.3 Å². The molecule has 94 valence electrons. The van der Waals surface area contributed by atoms with Crippen molar-refractivity contribution in [1.29, 1.82) is 0 Å². The van der Waals surface area contributed by atoms with Crippen molar-refractivity contribution in [3.63, 3.8) is 0 Å². The lowest BCUT2D eigenvalue weighted by Gasteiger charge is -2.20. The van der Waals surface area contributed by atoms with Gasteiger partial charge >= 0.3 is 0 Å². The van der Waals surface area contributed by atoms with Gasteiger partial charge in [0.05, 0.1) is 17.8 Å². The van der Waals surface area contributed by atoms with Crippen LogP contribution in [-0.2, 0) is 6.54 Å². The second kappa shape index (κ2) is 5.74. The molecule has 0 saturated carbocycles. The van der Waals surface area contributed by atoms with Gasteiger partial charge in [-0.1, -0.05) is 23.7 Å². The summed E-state index contributed by atoms with van der Waals surface area (Å²) in [5.41, 5.74) is 2.14. The van der Waals surface area contributed by atoms with Crippen LogP contribution in [0.4, 0.5) is 5.69 Å². The molecule has 0 aliphatic heterocycles. The number of rotatable bonds is 4. The van der Waals surface area contributed by atoms with Crippen LogP contribution in [0.3, 0.4) is 0 Å². The molecule has 1 aromatic carbocycles. The molecule has 1 heterocycles. The van der Waals surface area contributed by atoms with Gasteiger partial charge in [0.2, 0.25) is 0 Å². The minimum absolute atomic E-state index is 0.655. The molecule has 0 radical (unpaired) electrons. The first-order valence-electron chi connectivity index (χ1n) is 5.64. The Balaban J connectivity index is 2.16. The van der Waals surface area contributed by atoms with Gasteiger partial charge in [0.25, 0.3) is 0 Å². The average Bonchev–Trinajstić information content (AvgIpc) is 2.39. The van der Waals surface area contributed by atoms with Crippen LogP contribution in [0, 0.1) is 0 Å². The zero-order chi connectivity index (χ0) is 13.0. The number of hydrogen-bond donors (Lipinski definition) is 0. The number of halogens is 1. The number of anilines is 1. The number of methoxy groups -OCH3 is 1. The lowest BCUT2D eigenvalue weighted by molar-refractivity contribution is 0.414. The Morgan fingerprint density at radius 3 is 2.89 bits per heavy atom. The lowest BCUT2D eigenvalue weighted by Crippen LogP contribution is -2.16. The quantitative estimate of drug-likeness (QED) is 0.845. The number of nitrogens with zero attached hydrogens (tertiary/aromatic N) is 2. The van der Waals surface area contributed by atoms with Crippen LogP contribution in [0.25, 0.3) is 0 Å². The first-order chi connectivity index (χ1) is 8.70. The molecular formula is C14H15ClN2O. The number of pyridine rings is 1. The Morgan fingerprint density at radius 2 is 2.17 bits per heavy atom. The molecular weight excluding hydrogens is 248 g/mol. The molecule has 0 aliphatic carbocycles. The van der Waals surface area contributed by atoms with Gasteiger partial charge in [-0.15, -0.1) is 0 Å². The van der Waals surface area contributed by atoms with E-state index < -0.39 is 0 Å². The van der Waals surface area contributed by atoms with Crippen molar-refractivity contribution >= 4 is 17.3 Å². The Bertz CT molecular complexity index is 531. The number of hydrogen-bond acceptors (Lipinski definition) is 3. The largest absolute Gasteiger partial charge is 0.497 e. The number of aromatic nitrogens is 1. The summed E-state index contributed by atoms with van der Waals surface area (Å²) in [5.74, 6) is 0.863. The van der Waals surface area contributed by atoms with Crippen molar-refractivity contribution in [2.24, 2.45) is 0 Å². The van der Waals surface area contributed by atoms with E-state index in [1.165, 1.54) is 5.56 Å². The van der Waals surface area contributed by atoms with Crippen LogP contribution in [0.15, 0.2) is 42.7 Å². The molecule has 0 bridgehead atoms. The molecule has 18 heavy (non-hydrogen) atoms. The van der Waals surface area contributed by atoms with Gasteiger partial charge in [0.15, 0.2) is 0 Å². The van der Waals surface area contributed by atoms with Crippen molar-refractivity contribution in [3.05, 3.63) is 53.3 Å². The van der Waals surface area contributed by atoms with Crippen molar-refractivity contribution in [2.75, 3.05) is 19.1 Å². The Hall–Kier alpha value is -1.74. The summed E-state index contributed by atoms with van der Waals surface area (Å²) in [5, 5.41) is 0.655. The summed E-state index contributed by atoms with van der Waals surface area (Å²) in [6, 6.07) is 9.90. The molecule has 1 aromatic heterocycles. The van der Waals surface area contributed by atoms with Crippen LogP contribution in [0.5, 0.6) is 5.75 Å². The van der Waals surface area contributed by atoms with Crippen molar-refractivity contribution in [1.82, 2.24) is 4.98 Å². The fourth-order valence-electron chi connectivity index (χ4n) is 1.81. The molecule has 4 heteroatoms. The molecule has 0 aliphatic rings. The molecule has 0 atom stereocenters. The zero-order valence-electron chi connectivity index (χ0n) is 10.4. The topological polar surface area (TPSA) is 25.4 Å². The van der Waals surface area contributed by atoms with Gasteiger partial charge in [0, 0.05) is 26.0 Å². The molecule has 0 spiro atoms. The summed E-state index contributed by atoms with van der Waals surface area (Å²) in [6.45, 7) is 0.765. The van der Waals surface area contributed by atoms with Crippen LogP contribution in [0.2, 0.25) is 5.02 Å². The van der Waals surface area contributed by atoms with Crippen molar-refractivity contribution in [3.8, 4) is 5.75 Å². The first kappa shape index (κ1) is 12.7. The highest BCUT2D eigenvalue weighted by Gasteiger charge is 2.06. The van der Waals surface area contributed by atoms with E-state index >= 15 is 0 Å². The third-order valence-corrected chi connectivity index (χ3v) is 3.01. The molecule has 0 amide bonds. The van der Waals surface area contributed by atoms with Crippen LogP contribution < -0.4 is 9.64 Å². The highest BCUT2D eigenvalue weighted by Crippen LogP contribution is 2.25. The molecule has 0 saturated heterocycles. The van der Waals surface area contributed by atoms with Crippen LogP contribution in [0.1, 0.15) is 5.56 Å². The minimum atomic E-state index is 0.655. The maximum absolute atomic E-state index is 6.12. The lowest BCUT2D eigenvalue weighted by atomic mass is 10.2. The van der Waals surface area contributed by atoms with Gasteiger partial charge in [-0.2, -0.15) is 0 Å². The van der Waals surface area contributed by atoms with Gasteiger partial charge < -0.3 is 9.64 Å². The Labute approximate surface area is 112 Å². The third kappa shape index (κ3) is 2.93. The second-order valence-corrected chi connectivity index (χ2v) is 4.44. The van der Waals surface area contributed by atoms with E-state index in [9.17, 15) is 0 Å². The fraction of sp³-hybridized carbons (Fsp3) is 0.214. The highest BCUT2D eigenvalue weighted by atomic mass is 35.5. The predicted octanol–water partition coefficient (Wildman–Crippen LogP) is 3.38. The summed E-state index contributed by atoms with van der Waals surface area (Å²) in [7, 11) is 3.67. The zero-order valence-corrected chi connectivity index (χ0v) is 11.2. The standard InChI is InChI=1S/C14H15ClN2O/c1-17(14-6-7-16-9-13(14)15)10-11-4-3-5-12(8-11)18-2/h3-9H,10H2,1-2H3. The predicted molar refractivity (Wildman–Crippen MR) is 74.3 cm³/mol. The summed E-state index contributed by atoms with van der Waals surface area (Å²) >= 11 is 6.12. The fourth-order valence-corrected chi connectivity index (χ4v) is 2.07. The van der Waals surface area contributed by atoms with Gasteiger partial charge in [-0.3, -0.25) is 4.98 Å². The average molecular weight is 263 g/mol. The van der Waals surface area contributed by atoms with Crippen LogP contribution >= 0.6 is 11.6 Å². The minimum Gasteiger partial charge on any atom is -0.497 e. The van der Waals surface area contributed by atoms with E-state index in [1.54, 1.807) is 19.5 Å². The van der Waals surface area contributed by atoms with E-state index in [2.05, 4.69) is 16.0 Å².